The van der Waals surface area contributed by atoms with Gasteiger partial charge in [-0.1, -0.05) is 0 Å². The minimum absolute atomic E-state index is 0. The van der Waals surface area contributed by atoms with Gasteiger partial charge in [0.15, 0.2) is 5.96 Å². The molecule has 144 valence electrons. The Balaban J connectivity index is 0.00000312. The Bertz CT molecular complexity index is 450. The van der Waals surface area contributed by atoms with Crippen molar-refractivity contribution in [3.63, 3.8) is 0 Å². The van der Waals surface area contributed by atoms with Gasteiger partial charge in [-0.3, -0.25) is 9.67 Å². The summed E-state index contributed by atoms with van der Waals surface area (Å²) in [5.41, 5.74) is 0. The molecule has 0 spiro atoms. The third-order valence-electron chi connectivity index (χ3n) is 3.95. The molecule has 0 aliphatic carbocycles. The number of rotatable bonds is 10. The first-order valence-corrected chi connectivity index (χ1v) is 9.03. The molecule has 1 saturated heterocycles. The van der Waals surface area contributed by atoms with E-state index in [1.807, 2.05) is 16.9 Å². The van der Waals surface area contributed by atoms with E-state index >= 15 is 0 Å². The van der Waals surface area contributed by atoms with Gasteiger partial charge in [0.1, 0.15) is 0 Å². The number of guanidine groups is 1. The van der Waals surface area contributed by atoms with Crippen LogP contribution in [0.3, 0.4) is 0 Å². The van der Waals surface area contributed by atoms with Crippen LogP contribution in [0.15, 0.2) is 23.5 Å². The first-order valence-electron chi connectivity index (χ1n) is 9.03. The molecule has 0 bridgehead atoms. The summed E-state index contributed by atoms with van der Waals surface area (Å²) in [6.45, 7) is 8.71. The number of hydrogen-bond acceptors (Lipinski definition) is 4. The summed E-state index contributed by atoms with van der Waals surface area (Å²) in [5.74, 6) is 1.53. The quantitative estimate of drug-likeness (QED) is 0.239. The van der Waals surface area contributed by atoms with Crippen LogP contribution in [-0.2, 0) is 16.0 Å². The molecule has 1 aromatic rings. The van der Waals surface area contributed by atoms with Crippen molar-refractivity contribution in [1.82, 2.24) is 20.4 Å². The lowest BCUT2D eigenvalue weighted by Crippen LogP contribution is -2.39. The van der Waals surface area contributed by atoms with Gasteiger partial charge in [-0.2, -0.15) is 5.10 Å². The highest BCUT2D eigenvalue weighted by Gasteiger charge is 2.13. The molecule has 1 aliphatic heterocycles. The zero-order valence-electron chi connectivity index (χ0n) is 15.2. The number of nitrogens with zero attached hydrogens (tertiary/aromatic N) is 3. The molecule has 8 heteroatoms. The van der Waals surface area contributed by atoms with Crippen molar-refractivity contribution < 1.29 is 9.47 Å². The number of aliphatic imine (C=N–C) groups is 1. The molecular formula is C17H32IN5O2. The SMILES string of the molecule is CCNC(=NCCCOCC1CCOCC1)NCCn1cccn1.I. The molecule has 0 saturated carbocycles. The second-order valence-corrected chi connectivity index (χ2v) is 5.94. The molecule has 7 nitrogen and oxygen atoms in total. The number of aromatic nitrogens is 2. The van der Waals surface area contributed by atoms with Gasteiger partial charge in [0.05, 0.1) is 6.54 Å². The highest BCUT2D eigenvalue weighted by molar-refractivity contribution is 14.0. The molecule has 2 rings (SSSR count). The average molecular weight is 465 g/mol. The maximum Gasteiger partial charge on any atom is 0.191 e. The Kier molecular flexibility index (Phi) is 12.7. The zero-order chi connectivity index (χ0) is 16.9. The van der Waals surface area contributed by atoms with Crippen LogP contribution in [0, 0.1) is 5.92 Å². The van der Waals surface area contributed by atoms with E-state index in [1.54, 1.807) is 6.20 Å². The maximum absolute atomic E-state index is 5.77. The predicted octanol–water partition coefficient (Wildman–Crippen LogP) is 1.89. The molecule has 2 N–H and O–H groups in total. The summed E-state index contributed by atoms with van der Waals surface area (Å²) in [5, 5.41) is 10.8. The fraction of sp³-hybridized carbons (Fsp3) is 0.765. The number of ether oxygens (including phenoxy) is 2. The summed E-state index contributed by atoms with van der Waals surface area (Å²) in [6.07, 6.45) is 6.95. The average Bonchev–Trinajstić information content (AvgIpc) is 3.12. The van der Waals surface area contributed by atoms with Crippen molar-refractivity contribution in [2.75, 3.05) is 46.1 Å². The van der Waals surface area contributed by atoms with E-state index in [2.05, 4.69) is 27.6 Å². The molecule has 0 amide bonds. The van der Waals surface area contributed by atoms with Gasteiger partial charge in [-0.05, 0) is 38.2 Å². The molecule has 0 unspecified atom stereocenters. The van der Waals surface area contributed by atoms with E-state index in [9.17, 15) is 0 Å². The highest BCUT2D eigenvalue weighted by Crippen LogP contribution is 2.14. The first kappa shape index (κ1) is 22.2. The minimum Gasteiger partial charge on any atom is -0.381 e. The Morgan fingerprint density at radius 3 is 2.92 bits per heavy atom. The minimum atomic E-state index is 0. The highest BCUT2D eigenvalue weighted by atomic mass is 127. The van der Waals surface area contributed by atoms with Crippen molar-refractivity contribution in [1.29, 1.82) is 0 Å². The molecule has 1 fully saturated rings. The summed E-state index contributed by atoms with van der Waals surface area (Å²) in [7, 11) is 0. The number of nitrogens with one attached hydrogen (secondary N) is 2. The summed E-state index contributed by atoms with van der Waals surface area (Å²) < 4.78 is 13.0. The van der Waals surface area contributed by atoms with Crippen LogP contribution in [0.1, 0.15) is 26.2 Å². The molecule has 0 radical (unpaired) electrons. The molecule has 0 atom stereocenters. The molecule has 0 aromatic carbocycles. The van der Waals surface area contributed by atoms with Crippen LogP contribution in [0.25, 0.3) is 0 Å². The maximum atomic E-state index is 5.77. The monoisotopic (exact) mass is 465 g/mol. The van der Waals surface area contributed by atoms with Crippen LogP contribution in [0.4, 0.5) is 0 Å². The normalized spacial score (nSPS) is 15.6. The standard InChI is InChI=1S/C17H31N5O2.HI/c1-2-18-17(20-9-11-22-10-3-8-21-22)19-7-4-12-24-15-16-5-13-23-14-6-16;/h3,8,10,16H,2,4-7,9,11-15H2,1H3,(H2,18,19,20);1H. The van der Waals surface area contributed by atoms with Crippen LogP contribution in [0.2, 0.25) is 0 Å². The van der Waals surface area contributed by atoms with Gasteiger partial charge in [-0.25, -0.2) is 0 Å². The van der Waals surface area contributed by atoms with E-state index in [1.165, 1.54) is 0 Å². The summed E-state index contributed by atoms with van der Waals surface area (Å²) >= 11 is 0. The van der Waals surface area contributed by atoms with Gasteiger partial charge in [0.25, 0.3) is 0 Å². The van der Waals surface area contributed by atoms with Crippen molar-refractivity contribution in [3.05, 3.63) is 18.5 Å². The fourth-order valence-corrected chi connectivity index (χ4v) is 2.58. The second kappa shape index (κ2) is 14.3. The van der Waals surface area contributed by atoms with Crippen molar-refractivity contribution in [2.24, 2.45) is 10.9 Å². The summed E-state index contributed by atoms with van der Waals surface area (Å²) in [6, 6.07) is 1.93. The van der Waals surface area contributed by atoms with Gasteiger partial charge in [0.2, 0.25) is 0 Å². The van der Waals surface area contributed by atoms with E-state index < -0.39 is 0 Å². The van der Waals surface area contributed by atoms with E-state index in [4.69, 9.17) is 9.47 Å². The Morgan fingerprint density at radius 1 is 1.36 bits per heavy atom. The lowest BCUT2D eigenvalue weighted by atomic mass is 10.0. The molecule has 2 heterocycles. The Morgan fingerprint density at radius 2 is 2.20 bits per heavy atom. The van der Waals surface area contributed by atoms with Crippen molar-refractivity contribution in [3.8, 4) is 0 Å². The number of halogens is 1. The molecule has 25 heavy (non-hydrogen) atoms. The van der Waals surface area contributed by atoms with E-state index in [0.717, 1.165) is 77.8 Å². The third-order valence-corrected chi connectivity index (χ3v) is 3.95. The van der Waals surface area contributed by atoms with Gasteiger partial charge in [0, 0.05) is 58.5 Å². The summed E-state index contributed by atoms with van der Waals surface area (Å²) in [4.78, 5) is 4.58. The van der Waals surface area contributed by atoms with Gasteiger partial charge < -0.3 is 20.1 Å². The number of hydrogen-bond donors (Lipinski definition) is 2. The second-order valence-electron chi connectivity index (χ2n) is 5.94. The molecule has 1 aromatic heterocycles. The molecule has 1 aliphatic rings. The van der Waals surface area contributed by atoms with Crippen molar-refractivity contribution in [2.45, 2.75) is 32.7 Å². The van der Waals surface area contributed by atoms with Crippen LogP contribution < -0.4 is 10.6 Å². The zero-order valence-corrected chi connectivity index (χ0v) is 17.5. The van der Waals surface area contributed by atoms with Crippen LogP contribution in [-0.4, -0.2) is 61.8 Å². The lowest BCUT2D eigenvalue weighted by Gasteiger charge is -2.21. The van der Waals surface area contributed by atoms with Crippen LogP contribution in [0.5, 0.6) is 0 Å². The van der Waals surface area contributed by atoms with Gasteiger partial charge in [-0.15, -0.1) is 24.0 Å². The Labute approximate surface area is 168 Å². The fourth-order valence-electron chi connectivity index (χ4n) is 2.58. The van der Waals surface area contributed by atoms with E-state index in [-0.39, 0.29) is 24.0 Å². The Hall–Kier alpha value is -0.870. The predicted molar refractivity (Wildman–Crippen MR) is 111 cm³/mol. The topological polar surface area (TPSA) is 72.7 Å². The van der Waals surface area contributed by atoms with Crippen LogP contribution >= 0.6 is 24.0 Å². The molecular weight excluding hydrogens is 433 g/mol. The largest absolute Gasteiger partial charge is 0.381 e. The third kappa shape index (κ3) is 10.0. The lowest BCUT2D eigenvalue weighted by molar-refractivity contribution is 0.0205. The first-order chi connectivity index (χ1) is 11.9. The van der Waals surface area contributed by atoms with E-state index in [0.29, 0.717) is 5.92 Å². The smallest absolute Gasteiger partial charge is 0.191 e. The van der Waals surface area contributed by atoms with Gasteiger partial charge >= 0.3 is 0 Å². The van der Waals surface area contributed by atoms with Crippen molar-refractivity contribution >= 4 is 29.9 Å².